The maximum atomic E-state index is 13.9. The van der Waals surface area contributed by atoms with Gasteiger partial charge in [0.2, 0.25) is 5.91 Å². The van der Waals surface area contributed by atoms with E-state index < -0.39 is 35.0 Å². The highest BCUT2D eigenvalue weighted by molar-refractivity contribution is 14.1. The Morgan fingerprint density at radius 3 is 2.59 bits per heavy atom. The third-order valence-corrected chi connectivity index (χ3v) is 7.97. The van der Waals surface area contributed by atoms with E-state index in [2.05, 4.69) is 33.2 Å². The van der Waals surface area contributed by atoms with Crippen LogP contribution < -0.4 is 10.6 Å². The number of amides is 1. The first-order chi connectivity index (χ1) is 15.2. The molecular formula is C24H23IN2O4S. The van der Waals surface area contributed by atoms with Crippen molar-refractivity contribution in [3.8, 4) is 0 Å². The van der Waals surface area contributed by atoms with Crippen LogP contribution in [0.15, 0.2) is 59.2 Å². The van der Waals surface area contributed by atoms with E-state index in [0.717, 1.165) is 19.0 Å². The molecule has 0 aliphatic carbocycles. The number of fused-ring (bicyclic) bond motifs is 2. The third kappa shape index (κ3) is 3.31. The molecule has 1 aromatic carbocycles. The summed E-state index contributed by atoms with van der Waals surface area (Å²) in [6, 6.07) is 14.2. The minimum Gasteiger partial charge on any atom is -0.469 e. The molecule has 6 nitrogen and oxygen atoms in total. The highest BCUT2D eigenvalue weighted by Crippen LogP contribution is 2.60. The minimum atomic E-state index is -1.07. The van der Waals surface area contributed by atoms with Gasteiger partial charge < -0.3 is 14.5 Å². The lowest BCUT2D eigenvalue weighted by Crippen LogP contribution is -2.44. The molecule has 2 N–H and O–H groups in total. The Balaban J connectivity index is 1.75. The van der Waals surface area contributed by atoms with Gasteiger partial charge in [-0.25, -0.2) is 0 Å². The Morgan fingerprint density at radius 2 is 1.94 bits per heavy atom. The number of ether oxygens (including phenoxy) is 1. The zero-order valence-corrected chi connectivity index (χ0v) is 20.8. The highest BCUT2D eigenvalue weighted by atomic mass is 127. The molecule has 1 fully saturated rings. The Labute approximate surface area is 203 Å². The van der Waals surface area contributed by atoms with Crippen LogP contribution in [-0.2, 0) is 19.7 Å². The van der Waals surface area contributed by atoms with Gasteiger partial charge in [0.25, 0.3) is 0 Å². The first kappa shape index (κ1) is 21.7. The van der Waals surface area contributed by atoms with Crippen LogP contribution in [0.25, 0.3) is 0 Å². The summed E-state index contributed by atoms with van der Waals surface area (Å²) in [6.07, 6.45) is 1.58. The molecule has 1 spiro atoms. The lowest BCUT2D eigenvalue weighted by atomic mass is 9.66. The average Bonchev–Trinajstić information content (AvgIpc) is 3.48. The first-order valence-electron chi connectivity index (χ1n) is 10.4. The number of thiophene rings is 1. The van der Waals surface area contributed by atoms with Gasteiger partial charge in [-0.15, -0.1) is 11.3 Å². The summed E-state index contributed by atoms with van der Waals surface area (Å²) in [5.41, 5.74) is -0.106. The second-order valence-corrected chi connectivity index (χ2v) is 12.1. The molecule has 0 saturated carbocycles. The van der Waals surface area contributed by atoms with E-state index in [4.69, 9.17) is 9.15 Å². The van der Waals surface area contributed by atoms with Gasteiger partial charge in [-0.2, -0.15) is 0 Å². The van der Waals surface area contributed by atoms with Gasteiger partial charge in [-0.3, -0.25) is 14.9 Å². The number of benzene rings is 1. The van der Waals surface area contributed by atoms with Crippen molar-refractivity contribution < 1.29 is 18.7 Å². The summed E-state index contributed by atoms with van der Waals surface area (Å²) in [6.45, 7) is 5.52. The molecule has 4 atom stereocenters. The summed E-state index contributed by atoms with van der Waals surface area (Å²) >= 11 is 3.89. The number of hydrogen-bond donors (Lipinski definition) is 2. The molecule has 5 rings (SSSR count). The maximum Gasteiger partial charge on any atom is 0.324 e. The molecule has 0 unspecified atom stereocenters. The topological polar surface area (TPSA) is 80.6 Å². The van der Waals surface area contributed by atoms with Gasteiger partial charge in [0, 0.05) is 10.6 Å². The molecule has 2 aliphatic heterocycles. The molecule has 32 heavy (non-hydrogen) atoms. The molecule has 3 aromatic rings. The third-order valence-electron chi connectivity index (χ3n) is 6.01. The lowest BCUT2D eigenvalue weighted by molar-refractivity contribution is -0.157. The fourth-order valence-corrected chi connectivity index (χ4v) is 6.77. The quantitative estimate of drug-likeness (QED) is 0.348. The molecule has 2 aliphatic rings. The first-order valence-corrected chi connectivity index (χ1v) is 12.3. The number of anilines is 1. The summed E-state index contributed by atoms with van der Waals surface area (Å²) in [7, 11) is 0. The Kier molecular flexibility index (Phi) is 5.22. The predicted octanol–water partition coefficient (Wildman–Crippen LogP) is 4.97. The Hall–Kier alpha value is -2.17. The van der Waals surface area contributed by atoms with Crippen LogP contribution in [0.4, 0.5) is 5.69 Å². The summed E-state index contributed by atoms with van der Waals surface area (Å²) < 4.78 is 12.7. The fourth-order valence-electron chi connectivity index (χ4n) is 4.96. The summed E-state index contributed by atoms with van der Waals surface area (Å²) in [5, 5.41) is 6.56. The maximum absolute atomic E-state index is 13.9. The van der Waals surface area contributed by atoms with E-state index >= 15 is 0 Å². The van der Waals surface area contributed by atoms with Crippen molar-refractivity contribution >= 4 is 51.5 Å². The number of esters is 1. The summed E-state index contributed by atoms with van der Waals surface area (Å²) in [5.74, 6) is -0.550. The van der Waals surface area contributed by atoms with Crippen molar-refractivity contribution in [3.05, 3.63) is 73.9 Å². The van der Waals surface area contributed by atoms with Gasteiger partial charge in [0.1, 0.15) is 22.8 Å². The number of carbonyl (C=O) groups excluding carboxylic acids is 2. The second-order valence-electron chi connectivity index (χ2n) is 9.11. The van der Waals surface area contributed by atoms with Crippen molar-refractivity contribution in [2.24, 2.45) is 0 Å². The second kappa shape index (κ2) is 7.71. The largest absolute Gasteiger partial charge is 0.469 e. The molecule has 166 valence electrons. The Bertz CT molecular complexity index is 1180. The average molecular weight is 562 g/mol. The van der Waals surface area contributed by atoms with Crippen LogP contribution >= 0.6 is 33.9 Å². The number of carbonyl (C=O) groups is 2. The molecule has 0 bridgehead atoms. The lowest BCUT2D eigenvalue weighted by Gasteiger charge is -2.33. The van der Waals surface area contributed by atoms with Gasteiger partial charge >= 0.3 is 5.97 Å². The minimum absolute atomic E-state index is 0.146. The van der Waals surface area contributed by atoms with E-state index in [1.807, 2.05) is 63.2 Å². The monoisotopic (exact) mass is 562 g/mol. The number of rotatable bonds is 3. The standard InChI is InChI=1S/C24H23IN2O4S/c1-23(2,3)31-21(28)19-18(15-9-6-12-30-15)24(20(27-19)16-10-11-17(25)32-16)13-7-4-5-8-14(13)26-22(24)29/h4-12,18-20,27H,1-3H3,(H,26,29)/t18-,19+,20-,24-/m1/s1. The van der Waals surface area contributed by atoms with Crippen LogP contribution in [0.3, 0.4) is 0 Å². The van der Waals surface area contributed by atoms with Gasteiger partial charge in [0.15, 0.2) is 0 Å². The molecule has 2 aromatic heterocycles. The van der Waals surface area contributed by atoms with Gasteiger partial charge in [-0.05, 0) is 79.3 Å². The van der Waals surface area contributed by atoms with E-state index in [1.165, 1.54) is 0 Å². The Morgan fingerprint density at radius 1 is 1.16 bits per heavy atom. The normalized spacial score (nSPS) is 26.9. The zero-order valence-electron chi connectivity index (χ0n) is 17.8. The van der Waals surface area contributed by atoms with E-state index in [9.17, 15) is 9.59 Å². The van der Waals surface area contributed by atoms with Crippen molar-refractivity contribution in [3.63, 3.8) is 0 Å². The van der Waals surface area contributed by atoms with Crippen molar-refractivity contribution in [1.82, 2.24) is 5.32 Å². The van der Waals surface area contributed by atoms with Gasteiger partial charge in [0.05, 0.1) is 21.1 Å². The number of nitrogens with one attached hydrogen (secondary N) is 2. The van der Waals surface area contributed by atoms with E-state index in [-0.39, 0.29) is 5.91 Å². The molecule has 1 saturated heterocycles. The molecule has 4 heterocycles. The highest BCUT2D eigenvalue weighted by Gasteiger charge is 2.67. The number of para-hydroxylation sites is 1. The van der Waals surface area contributed by atoms with Crippen LogP contribution in [-0.4, -0.2) is 23.5 Å². The molecule has 0 radical (unpaired) electrons. The summed E-state index contributed by atoms with van der Waals surface area (Å²) in [4.78, 5) is 28.3. The molecule has 1 amide bonds. The van der Waals surface area contributed by atoms with Crippen LogP contribution in [0.2, 0.25) is 0 Å². The van der Waals surface area contributed by atoms with Gasteiger partial charge in [-0.1, -0.05) is 18.2 Å². The zero-order chi connectivity index (χ0) is 22.7. The number of halogens is 1. The van der Waals surface area contributed by atoms with Crippen LogP contribution in [0.5, 0.6) is 0 Å². The van der Waals surface area contributed by atoms with Crippen LogP contribution in [0.1, 0.15) is 48.9 Å². The van der Waals surface area contributed by atoms with E-state index in [1.54, 1.807) is 23.7 Å². The fraction of sp³-hybridized carbons (Fsp3) is 0.333. The number of hydrogen-bond acceptors (Lipinski definition) is 6. The predicted molar refractivity (Wildman–Crippen MR) is 131 cm³/mol. The number of furan rings is 1. The smallest absolute Gasteiger partial charge is 0.324 e. The van der Waals surface area contributed by atoms with E-state index in [0.29, 0.717) is 5.76 Å². The van der Waals surface area contributed by atoms with Crippen LogP contribution in [0, 0.1) is 2.88 Å². The molecule has 8 heteroatoms. The van der Waals surface area contributed by atoms with Crippen molar-refractivity contribution in [1.29, 1.82) is 0 Å². The van der Waals surface area contributed by atoms with Crippen molar-refractivity contribution in [2.75, 3.05) is 5.32 Å². The SMILES string of the molecule is CC(C)(C)OC(=O)[C@H]1N[C@H](c2ccc(I)s2)[C@]2(C(=O)Nc3ccccc32)[C@@H]1c1ccco1. The van der Waals surface area contributed by atoms with Crippen molar-refractivity contribution in [2.45, 2.75) is 49.8 Å². The molecular weight excluding hydrogens is 539 g/mol.